The Bertz CT molecular complexity index is 1230. The molecule has 0 radical (unpaired) electrons. The summed E-state index contributed by atoms with van der Waals surface area (Å²) in [6.45, 7) is 2.55. The molecule has 9 nitrogen and oxygen atoms in total. The van der Waals surface area contributed by atoms with Crippen LogP contribution in [0.1, 0.15) is 12.8 Å². The average molecular weight is 451 g/mol. The van der Waals surface area contributed by atoms with Gasteiger partial charge in [-0.15, -0.1) is 0 Å². The van der Waals surface area contributed by atoms with Crippen molar-refractivity contribution in [2.24, 2.45) is 0 Å². The highest BCUT2D eigenvalue weighted by Gasteiger charge is 2.36. The van der Waals surface area contributed by atoms with Gasteiger partial charge in [0.25, 0.3) is 5.91 Å². The van der Waals surface area contributed by atoms with Crippen LogP contribution in [0.4, 0.5) is 5.69 Å². The van der Waals surface area contributed by atoms with Gasteiger partial charge >= 0.3 is 5.76 Å². The maximum atomic E-state index is 13.2. The molecule has 0 N–H and O–H groups in total. The lowest BCUT2D eigenvalue weighted by Crippen LogP contribution is -2.54. The molecule has 1 aromatic heterocycles. The van der Waals surface area contributed by atoms with Gasteiger partial charge in [-0.1, -0.05) is 24.3 Å². The van der Waals surface area contributed by atoms with Crippen LogP contribution in [0.3, 0.4) is 0 Å². The summed E-state index contributed by atoms with van der Waals surface area (Å²) in [5, 5.41) is 0. The van der Waals surface area contributed by atoms with Crippen molar-refractivity contribution in [1.29, 1.82) is 0 Å². The summed E-state index contributed by atoms with van der Waals surface area (Å²) in [5.74, 6) is -0.175. The molecule has 1 fully saturated rings. The largest absolute Gasteiger partial charge is 0.476 e. The predicted octanol–water partition coefficient (Wildman–Crippen LogP) is 2.03. The Labute approximate surface area is 190 Å². The predicted molar refractivity (Wildman–Crippen MR) is 120 cm³/mol. The number of morpholine rings is 1. The SMILES string of the molecule is O=C(C1CN(C(=O)CCCn2c(=O)oc3ccccc32)c2ccccc2O1)N1CCOCC1. The van der Waals surface area contributed by atoms with E-state index in [9.17, 15) is 14.4 Å². The van der Waals surface area contributed by atoms with Gasteiger partial charge in [-0.25, -0.2) is 4.79 Å². The Balaban J connectivity index is 1.29. The number of carbonyl (C=O) groups is 2. The molecule has 3 aromatic rings. The number of benzene rings is 2. The van der Waals surface area contributed by atoms with Gasteiger partial charge in [-0.05, 0) is 30.7 Å². The van der Waals surface area contributed by atoms with Crippen molar-refractivity contribution in [3.8, 4) is 5.75 Å². The van der Waals surface area contributed by atoms with Crippen LogP contribution in [-0.4, -0.2) is 60.2 Å². The second-order valence-corrected chi connectivity index (χ2v) is 8.11. The molecule has 2 amide bonds. The van der Waals surface area contributed by atoms with Gasteiger partial charge in [-0.3, -0.25) is 14.2 Å². The molecule has 5 rings (SSSR count). The molecule has 9 heteroatoms. The maximum Gasteiger partial charge on any atom is 0.419 e. The number of ether oxygens (including phenoxy) is 2. The normalized spacial score (nSPS) is 18.1. The number of carbonyl (C=O) groups excluding carboxylic acids is 2. The van der Waals surface area contributed by atoms with Crippen LogP contribution in [0.2, 0.25) is 0 Å². The van der Waals surface area contributed by atoms with E-state index < -0.39 is 11.9 Å². The van der Waals surface area contributed by atoms with Crippen LogP contribution in [0.5, 0.6) is 5.75 Å². The number of fused-ring (bicyclic) bond motifs is 2. The summed E-state index contributed by atoms with van der Waals surface area (Å²) in [4.78, 5) is 41.7. The molecular formula is C24H25N3O6. The first-order chi connectivity index (χ1) is 16.1. The maximum absolute atomic E-state index is 13.2. The van der Waals surface area contributed by atoms with Crippen LogP contribution in [0, 0.1) is 0 Å². The summed E-state index contributed by atoms with van der Waals surface area (Å²) in [7, 11) is 0. The zero-order valence-corrected chi connectivity index (χ0v) is 18.1. The highest BCUT2D eigenvalue weighted by Crippen LogP contribution is 2.34. The molecule has 2 aliphatic rings. The molecule has 1 unspecified atom stereocenters. The van der Waals surface area contributed by atoms with E-state index in [0.29, 0.717) is 61.8 Å². The highest BCUT2D eigenvalue weighted by molar-refractivity contribution is 5.97. The third-order valence-corrected chi connectivity index (χ3v) is 6.02. The number of hydrogen-bond acceptors (Lipinski definition) is 6. The zero-order valence-electron chi connectivity index (χ0n) is 18.1. The monoisotopic (exact) mass is 451 g/mol. The second kappa shape index (κ2) is 9.11. The molecule has 0 saturated carbocycles. The summed E-state index contributed by atoms with van der Waals surface area (Å²) in [6.07, 6.45) is -0.0785. The van der Waals surface area contributed by atoms with Gasteiger partial charge in [0.15, 0.2) is 11.7 Å². The van der Waals surface area contributed by atoms with E-state index >= 15 is 0 Å². The number of oxazole rings is 1. The van der Waals surface area contributed by atoms with Gasteiger partial charge in [0.2, 0.25) is 5.91 Å². The standard InChI is InChI=1S/C24H25N3O6/c28-22(10-5-11-26-17-6-1-4-9-20(17)33-24(26)30)27-16-21(23(29)25-12-14-31-15-13-25)32-19-8-3-2-7-18(19)27/h1-4,6-9,21H,5,10-16H2. The first kappa shape index (κ1) is 21.3. The number of amides is 2. The van der Waals surface area contributed by atoms with E-state index in [1.807, 2.05) is 36.4 Å². The van der Waals surface area contributed by atoms with Gasteiger partial charge in [0.05, 0.1) is 31.0 Å². The molecule has 0 bridgehead atoms. The number of hydrogen-bond donors (Lipinski definition) is 0. The minimum absolute atomic E-state index is 0.119. The van der Waals surface area contributed by atoms with E-state index in [-0.39, 0.29) is 24.8 Å². The van der Waals surface area contributed by atoms with Crippen LogP contribution in [0.15, 0.2) is 57.7 Å². The number of rotatable bonds is 5. The Kier molecular flexibility index (Phi) is 5.87. The molecule has 33 heavy (non-hydrogen) atoms. The molecule has 2 aromatic carbocycles. The first-order valence-electron chi connectivity index (χ1n) is 11.1. The van der Waals surface area contributed by atoms with Crippen molar-refractivity contribution in [2.45, 2.75) is 25.5 Å². The lowest BCUT2D eigenvalue weighted by molar-refractivity contribution is -0.142. The Morgan fingerprint density at radius 3 is 2.61 bits per heavy atom. The molecule has 1 saturated heterocycles. The lowest BCUT2D eigenvalue weighted by atomic mass is 10.1. The summed E-state index contributed by atoms with van der Waals surface area (Å²) >= 11 is 0. The van der Waals surface area contributed by atoms with Crippen molar-refractivity contribution in [3.05, 3.63) is 59.1 Å². The van der Waals surface area contributed by atoms with Crippen molar-refractivity contribution >= 4 is 28.6 Å². The number of nitrogens with zero attached hydrogens (tertiary/aromatic N) is 3. The number of aromatic nitrogens is 1. The number of anilines is 1. The Hall–Kier alpha value is -3.59. The van der Waals surface area contributed by atoms with Crippen LogP contribution in [0.25, 0.3) is 11.1 Å². The summed E-state index contributed by atoms with van der Waals surface area (Å²) < 4.78 is 18.1. The number of aryl methyl sites for hydroxylation is 1. The quantitative estimate of drug-likeness (QED) is 0.589. The first-order valence-corrected chi connectivity index (χ1v) is 11.1. The van der Waals surface area contributed by atoms with Gasteiger partial charge in [-0.2, -0.15) is 0 Å². The Morgan fingerprint density at radius 2 is 1.76 bits per heavy atom. The van der Waals surface area contributed by atoms with Crippen molar-refractivity contribution in [1.82, 2.24) is 9.47 Å². The fourth-order valence-electron chi connectivity index (χ4n) is 4.34. The van der Waals surface area contributed by atoms with Gasteiger partial charge < -0.3 is 23.7 Å². The van der Waals surface area contributed by atoms with Crippen molar-refractivity contribution < 1.29 is 23.5 Å². The van der Waals surface area contributed by atoms with Crippen LogP contribution < -0.4 is 15.4 Å². The fraction of sp³-hybridized carbons (Fsp3) is 0.375. The molecule has 1 atom stereocenters. The third-order valence-electron chi connectivity index (χ3n) is 6.02. The minimum Gasteiger partial charge on any atom is -0.476 e. The van der Waals surface area contributed by atoms with E-state index in [2.05, 4.69) is 0 Å². The zero-order chi connectivity index (χ0) is 22.8. The topological polar surface area (TPSA) is 94.2 Å². The fourth-order valence-corrected chi connectivity index (χ4v) is 4.34. The van der Waals surface area contributed by atoms with E-state index in [1.54, 1.807) is 26.5 Å². The molecule has 3 heterocycles. The molecule has 172 valence electrons. The second-order valence-electron chi connectivity index (χ2n) is 8.11. The van der Waals surface area contributed by atoms with Crippen LogP contribution >= 0.6 is 0 Å². The third kappa shape index (κ3) is 4.23. The molecule has 0 spiro atoms. The summed E-state index contributed by atoms with van der Waals surface area (Å²) in [6, 6.07) is 14.5. The van der Waals surface area contributed by atoms with E-state index in [4.69, 9.17) is 13.9 Å². The minimum atomic E-state index is -0.762. The van der Waals surface area contributed by atoms with E-state index in [1.165, 1.54) is 0 Å². The van der Waals surface area contributed by atoms with Gasteiger partial charge in [0.1, 0.15) is 5.75 Å². The molecule has 0 aliphatic carbocycles. The lowest BCUT2D eigenvalue weighted by Gasteiger charge is -2.37. The molecule has 2 aliphatic heterocycles. The van der Waals surface area contributed by atoms with Crippen molar-refractivity contribution in [2.75, 3.05) is 37.7 Å². The van der Waals surface area contributed by atoms with Crippen molar-refractivity contribution in [3.63, 3.8) is 0 Å². The van der Waals surface area contributed by atoms with Crippen LogP contribution in [-0.2, 0) is 20.9 Å². The summed E-state index contributed by atoms with van der Waals surface area (Å²) in [5.41, 5.74) is 1.89. The average Bonchev–Trinajstić information content (AvgIpc) is 3.18. The molecular weight excluding hydrogens is 426 g/mol. The van der Waals surface area contributed by atoms with Gasteiger partial charge in [0, 0.05) is 26.1 Å². The smallest absolute Gasteiger partial charge is 0.419 e. The highest BCUT2D eigenvalue weighted by atomic mass is 16.5. The van der Waals surface area contributed by atoms with E-state index in [0.717, 1.165) is 0 Å². The number of para-hydroxylation sites is 4. The Morgan fingerprint density at radius 1 is 1.00 bits per heavy atom.